The molecule has 0 spiro atoms. The third-order valence-corrected chi connectivity index (χ3v) is 4.88. The average Bonchev–Trinajstić information content (AvgIpc) is 2.52. The normalized spacial score (nSPS) is 11.8. The van der Waals surface area contributed by atoms with Crippen molar-refractivity contribution in [3.8, 4) is 6.19 Å². The summed E-state index contributed by atoms with van der Waals surface area (Å²) in [5.41, 5.74) is 4.14. The summed E-state index contributed by atoms with van der Waals surface area (Å²) in [5, 5.41) is 8.31. The van der Waals surface area contributed by atoms with Crippen LogP contribution in [0.2, 0.25) is 0 Å². The molecular weight excluding hydrogens is 359 g/mol. The van der Waals surface area contributed by atoms with Crippen LogP contribution < -0.4 is 0 Å². The van der Waals surface area contributed by atoms with Gasteiger partial charge in [-0.2, -0.15) is 17.0 Å². The van der Waals surface area contributed by atoms with Crippen LogP contribution in [0.1, 0.15) is 22.5 Å². The van der Waals surface area contributed by atoms with Gasteiger partial charge in [0.15, 0.2) is 0 Å². The second kappa shape index (κ2) is 11.6. The van der Waals surface area contributed by atoms with E-state index in [1.54, 1.807) is 12.4 Å². The van der Waals surface area contributed by atoms with E-state index < -0.39 is 9.73 Å². The standard InChI is InChI=1S/C9H11N3OS.C8H11NS.FH/c1-8-3-4-9(5-11-8)6-14(2,13)12-7-10;1-7-3-4-8(5-9-7)6-10-2;/h3-5H,6H2,1-2H3;3-5H,6H2,1-2H3;1H. The van der Waals surface area contributed by atoms with Crippen LogP contribution in [0.4, 0.5) is 4.70 Å². The molecule has 0 aliphatic heterocycles. The van der Waals surface area contributed by atoms with Gasteiger partial charge in [0.25, 0.3) is 0 Å². The number of thioether (sulfide) groups is 1. The van der Waals surface area contributed by atoms with Crippen molar-refractivity contribution in [3.63, 3.8) is 0 Å². The summed E-state index contributed by atoms with van der Waals surface area (Å²) in [6.45, 7) is 3.88. The van der Waals surface area contributed by atoms with Crippen molar-refractivity contribution in [1.82, 2.24) is 9.97 Å². The van der Waals surface area contributed by atoms with E-state index in [0.717, 1.165) is 22.7 Å². The quantitative estimate of drug-likeness (QED) is 0.750. The van der Waals surface area contributed by atoms with Gasteiger partial charge < -0.3 is 0 Å². The molecule has 2 heterocycles. The molecule has 8 heteroatoms. The van der Waals surface area contributed by atoms with Crippen LogP contribution in [0.25, 0.3) is 0 Å². The first-order valence-corrected chi connectivity index (χ1v) is 10.7. The van der Waals surface area contributed by atoms with E-state index in [1.807, 2.05) is 50.0 Å². The molecule has 0 saturated carbocycles. The van der Waals surface area contributed by atoms with Crippen LogP contribution in [-0.4, -0.2) is 26.7 Å². The van der Waals surface area contributed by atoms with E-state index >= 15 is 0 Å². The first kappa shape index (κ1) is 23.0. The lowest BCUT2D eigenvalue weighted by Crippen LogP contribution is -2.01. The van der Waals surface area contributed by atoms with Crippen LogP contribution in [-0.2, 0) is 21.2 Å². The minimum atomic E-state index is -2.42. The second-order valence-electron chi connectivity index (χ2n) is 5.34. The highest BCUT2D eigenvalue weighted by atomic mass is 32.2. The molecule has 25 heavy (non-hydrogen) atoms. The van der Waals surface area contributed by atoms with Crippen molar-refractivity contribution in [2.75, 3.05) is 12.5 Å². The summed E-state index contributed by atoms with van der Waals surface area (Å²) in [5.74, 6) is 1.33. The fraction of sp³-hybridized carbons (Fsp3) is 0.353. The van der Waals surface area contributed by atoms with Crippen molar-refractivity contribution < 1.29 is 8.91 Å². The van der Waals surface area contributed by atoms with Gasteiger partial charge in [-0.15, -0.1) is 4.36 Å². The smallest absolute Gasteiger partial charge is 0.214 e. The number of halogens is 1. The average molecular weight is 383 g/mol. The molecule has 0 fully saturated rings. The zero-order valence-electron chi connectivity index (χ0n) is 14.8. The SMILES string of the molecule is CSCc1ccc(C)nc1.Cc1ccc(CS(C)(=O)=NC#N)cn1.F. The second-order valence-corrected chi connectivity index (χ2v) is 8.60. The summed E-state index contributed by atoms with van der Waals surface area (Å²) in [6.07, 6.45) is 8.73. The van der Waals surface area contributed by atoms with E-state index in [2.05, 4.69) is 26.7 Å². The maximum atomic E-state index is 11.6. The first-order chi connectivity index (χ1) is 11.4. The van der Waals surface area contributed by atoms with Gasteiger partial charge >= 0.3 is 0 Å². The predicted molar refractivity (Wildman–Crippen MR) is 103 cm³/mol. The lowest BCUT2D eigenvalue weighted by Gasteiger charge is -2.01. The van der Waals surface area contributed by atoms with E-state index in [9.17, 15) is 4.21 Å². The summed E-state index contributed by atoms with van der Waals surface area (Å²) >= 11 is 1.82. The molecule has 0 N–H and O–H groups in total. The molecule has 0 saturated heterocycles. The van der Waals surface area contributed by atoms with Crippen molar-refractivity contribution in [2.45, 2.75) is 25.4 Å². The minimum Gasteiger partial charge on any atom is -0.269 e. The van der Waals surface area contributed by atoms with E-state index in [1.165, 1.54) is 11.8 Å². The Morgan fingerprint density at radius 2 is 1.64 bits per heavy atom. The highest BCUT2D eigenvalue weighted by Gasteiger charge is 2.03. The zero-order chi connectivity index (χ0) is 18.0. The number of rotatable bonds is 4. The Morgan fingerprint density at radius 3 is 2.04 bits per heavy atom. The number of pyridine rings is 2. The maximum Gasteiger partial charge on any atom is 0.214 e. The first-order valence-electron chi connectivity index (χ1n) is 7.26. The molecule has 2 aromatic rings. The monoisotopic (exact) mass is 382 g/mol. The van der Waals surface area contributed by atoms with Crippen molar-refractivity contribution in [2.24, 2.45) is 4.36 Å². The highest BCUT2D eigenvalue weighted by molar-refractivity contribution is 7.97. The van der Waals surface area contributed by atoms with Crippen LogP contribution in [0.15, 0.2) is 41.0 Å². The van der Waals surface area contributed by atoms with E-state index in [0.29, 0.717) is 0 Å². The lowest BCUT2D eigenvalue weighted by molar-refractivity contribution is 0.680. The topological polar surface area (TPSA) is 79.0 Å². The summed E-state index contributed by atoms with van der Waals surface area (Å²) in [7, 11) is -2.42. The van der Waals surface area contributed by atoms with Gasteiger partial charge in [-0.3, -0.25) is 14.7 Å². The molecule has 0 amide bonds. The molecule has 2 aromatic heterocycles. The third-order valence-electron chi connectivity index (χ3n) is 2.92. The van der Waals surface area contributed by atoms with Crippen LogP contribution in [0.5, 0.6) is 0 Å². The van der Waals surface area contributed by atoms with Gasteiger partial charge in [0, 0.05) is 35.8 Å². The number of nitriles is 1. The third kappa shape index (κ3) is 9.79. The van der Waals surface area contributed by atoms with E-state index in [-0.39, 0.29) is 10.5 Å². The van der Waals surface area contributed by atoms with Gasteiger partial charge in [0.05, 0.1) is 15.5 Å². The fourth-order valence-electron chi connectivity index (χ4n) is 1.76. The number of hydrogen-bond acceptors (Lipinski definition) is 6. The molecule has 1 unspecified atom stereocenters. The van der Waals surface area contributed by atoms with Crippen molar-refractivity contribution in [3.05, 3.63) is 59.2 Å². The summed E-state index contributed by atoms with van der Waals surface area (Å²) < 4.78 is 15.0. The Labute approximate surface area is 153 Å². The molecule has 2 rings (SSSR count). The predicted octanol–water partition coefficient (Wildman–Crippen LogP) is 3.87. The molecular formula is C17H23FN4OS2. The molecule has 1 atom stereocenters. The van der Waals surface area contributed by atoms with Crippen molar-refractivity contribution >= 4 is 21.5 Å². The van der Waals surface area contributed by atoms with Gasteiger partial charge in [0.2, 0.25) is 6.19 Å². The molecule has 136 valence electrons. The Hall–Kier alpha value is -1.98. The molecule has 0 aliphatic rings. The molecule has 5 nitrogen and oxygen atoms in total. The van der Waals surface area contributed by atoms with Gasteiger partial charge in [0.1, 0.15) is 0 Å². The van der Waals surface area contributed by atoms with Crippen LogP contribution in [0.3, 0.4) is 0 Å². The Morgan fingerprint density at radius 1 is 1.12 bits per heavy atom. The van der Waals surface area contributed by atoms with Crippen LogP contribution in [0, 0.1) is 25.3 Å². The molecule has 0 radical (unpaired) electrons. The number of aromatic nitrogens is 2. The lowest BCUT2D eigenvalue weighted by atomic mass is 10.3. The minimum absolute atomic E-state index is 0. The van der Waals surface area contributed by atoms with E-state index in [4.69, 9.17) is 5.26 Å². The molecule has 0 aliphatic carbocycles. The molecule has 0 bridgehead atoms. The highest BCUT2D eigenvalue weighted by Crippen LogP contribution is 2.07. The zero-order valence-corrected chi connectivity index (χ0v) is 16.4. The maximum absolute atomic E-state index is 11.6. The summed E-state index contributed by atoms with van der Waals surface area (Å²) in [6, 6.07) is 7.86. The van der Waals surface area contributed by atoms with Gasteiger partial charge in [-0.05, 0) is 43.4 Å². The van der Waals surface area contributed by atoms with Gasteiger partial charge in [-0.1, -0.05) is 12.1 Å². The molecule has 0 aromatic carbocycles. The Bertz CT molecular complexity index is 793. The van der Waals surface area contributed by atoms with Crippen LogP contribution >= 0.6 is 11.8 Å². The Kier molecular flexibility index (Phi) is 10.6. The van der Waals surface area contributed by atoms with Gasteiger partial charge in [-0.25, -0.2) is 4.21 Å². The number of nitrogens with zero attached hydrogens (tertiary/aromatic N) is 4. The number of aryl methyl sites for hydroxylation is 2. The number of hydrogen-bond donors (Lipinski definition) is 0. The fourth-order valence-corrected chi connectivity index (χ4v) is 3.29. The summed E-state index contributed by atoms with van der Waals surface area (Å²) in [4.78, 5) is 8.26. The van der Waals surface area contributed by atoms with Crippen molar-refractivity contribution in [1.29, 1.82) is 5.26 Å². The Balaban J connectivity index is 0.000000465. The largest absolute Gasteiger partial charge is 0.269 e.